The number of benzene rings is 1. The summed E-state index contributed by atoms with van der Waals surface area (Å²) in [4.78, 5) is 11.8. The van der Waals surface area contributed by atoms with Crippen LogP contribution in [0.3, 0.4) is 0 Å². The molecule has 24 heavy (non-hydrogen) atoms. The summed E-state index contributed by atoms with van der Waals surface area (Å²) in [7, 11) is 0. The molecule has 1 aromatic rings. The van der Waals surface area contributed by atoms with Crippen LogP contribution in [-0.2, 0) is 4.79 Å². The molecule has 1 amide bonds. The molecular weight excluding hydrogens is 325 g/mol. The lowest BCUT2D eigenvalue weighted by molar-refractivity contribution is -0.116. The monoisotopic (exact) mass is 349 g/mol. The maximum absolute atomic E-state index is 13.5. The molecule has 1 aliphatic rings. The molecule has 1 aromatic carbocycles. The molecule has 3 atom stereocenters. The molecule has 0 aromatic heterocycles. The van der Waals surface area contributed by atoms with Crippen molar-refractivity contribution in [3.05, 3.63) is 41.7 Å². The number of rotatable bonds is 3. The van der Waals surface area contributed by atoms with Gasteiger partial charge >= 0.3 is 0 Å². The van der Waals surface area contributed by atoms with Gasteiger partial charge in [-0.25, -0.2) is 4.39 Å². The second kappa shape index (κ2) is 8.78. The van der Waals surface area contributed by atoms with E-state index in [1.54, 1.807) is 18.2 Å². The zero-order chi connectivity index (χ0) is 17.5. The SMILES string of the molecule is C[C@@H]1[C@@H](C)CCC[C@H]1NC(=S)NNC(=O)/C=C/c1ccccc1F. The second-order valence-electron chi connectivity index (χ2n) is 6.32. The Hall–Kier alpha value is -1.95. The minimum atomic E-state index is -0.396. The predicted molar refractivity (Wildman–Crippen MR) is 98.4 cm³/mol. The van der Waals surface area contributed by atoms with Crippen LogP contribution in [0.4, 0.5) is 4.39 Å². The van der Waals surface area contributed by atoms with E-state index in [9.17, 15) is 9.18 Å². The zero-order valence-electron chi connectivity index (χ0n) is 14.0. The molecule has 0 bridgehead atoms. The molecule has 0 saturated heterocycles. The van der Waals surface area contributed by atoms with Gasteiger partial charge in [-0.1, -0.05) is 44.9 Å². The van der Waals surface area contributed by atoms with E-state index in [1.807, 2.05) is 0 Å². The largest absolute Gasteiger partial charge is 0.358 e. The van der Waals surface area contributed by atoms with Crippen LogP contribution in [0, 0.1) is 17.7 Å². The summed E-state index contributed by atoms with van der Waals surface area (Å²) in [5, 5.41) is 3.66. The lowest BCUT2D eigenvalue weighted by atomic mass is 9.78. The van der Waals surface area contributed by atoms with Crippen molar-refractivity contribution in [3.8, 4) is 0 Å². The smallest absolute Gasteiger partial charge is 0.262 e. The quantitative estimate of drug-likeness (QED) is 0.446. The van der Waals surface area contributed by atoms with Crippen molar-refractivity contribution >= 4 is 29.3 Å². The third kappa shape index (κ3) is 5.30. The van der Waals surface area contributed by atoms with E-state index in [0.29, 0.717) is 28.6 Å². The van der Waals surface area contributed by atoms with Gasteiger partial charge in [0.25, 0.3) is 5.91 Å². The summed E-state index contributed by atoms with van der Waals surface area (Å²) in [6, 6.07) is 6.58. The first-order chi connectivity index (χ1) is 11.5. The fraction of sp³-hybridized carbons (Fsp3) is 0.444. The number of hydrogen-bond acceptors (Lipinski definition) is 2. The summed E-state index contributed by atoms with van der Waals surface area (Å²) in [5.41, 5.74) is 5.54. The summed E-state index contributed by atoms with van der Waals surface area (Å²) in [5.74, 6) is 0.437. The van der Waals surface area contributed by atoms with Crippen molar-refractivity contribution in [2.45, 2.75) is 39.2 Å². The van der Waals surface area contributed by atoms with Gasteiger partial charge in [0, 0.05) is 17.7 Å². The van der Waals surface area contributed by atoms with E-state index >= 15 is 0 Å². The highest BCUT2D eigenvalue weighted by atomic mass is 32.1. The normalized spacial score (nSPS) is 23.7. The van der Waals surface area contributed by atoms with Crippen LogP contribution < -0.4 is 16.2 Å². The van der Waals surface area contributed by atoms with Crippen LogP contribution in [0.2, 0.25) is 0 Å². The Labute approximate surface area is 147 Å². The van der Waals surface area contributed by atoms with Gasteiger partial charge in [0.2, 0.25) is 0 Å². The van der Waals surface area contributed by atoms with Crippen LogP contribution in [0.15, 0.2) is 30.3 Å². The first-order valence-electron chi connectivity index (χ1n) is 8.26. The highest BCUT2D eigenvalue weighted by Gasteiger charge is 2.27. The number of hydrogen-bond donors (Lipinski definition) is 3. The Balaban J connectivity index is 1.77. The zero-order valence-corrected chi connectivity index (χ0v) is 14.8. The molecule has 130 valence electrons. The van der Waals surface area contributed by atoms with Gasteiger partial charge in [-0.15, -0.1) is 0 Å². The molecule has 0 unspecified atom stereocenters. The molecule has 2 rings (SSSR count). The Morgan fingerprint density at radius 2 is 2.00 bits per heavy atom. The van der Waals surface area contributed by atoms with Crippen molar-refractivity contribution in [2.75, 3.05) is 0 Å². The van der Waals surface area contributed by atoms with E-state index in [-0.39, 0.29) is 5.82 Å². The topological polar surface area (TPSA) is 53.2 Å². The van der Waals surface area contributed by atoms with Gasteiger partial charge in [-0.2, -0.15) is 0 Å². The Morgan fingerprint density at radius 1 is 1.25 bits per heavy atom. The van der Waals surface area contributed by atoms with Gasteiger partial charge < -0.3 is 5.32 Å². The third-order valence-corrected chi connectivity index (χ3v) is 4.86. The maximum atomic E-state index is 13.5. The average molecular weight is 349 g/mol. The second-order valence-corrected chi connectivity index (χ2v) is 6.72. The molecule has 0 heterocycles. The fourth-order valence-electron chi connectivity index (χ4n) is 2.93. The van der Waals surface area contributed by atoms with E-state index < -0.39 is 5.91 Å². The number of amides is 1. The minimum absolute atomic E-state index is 0.319. The number of hydrazine groups is 1. The number of nitrogens with one attached hydrogen (secondary N) is 3. The molecule has 0 spiro atoms. The van der Waals surface area contributed by atoms with Crippen LogP contribution >= 0.6 is 12.2 Å². The highest BCUT2D eigenvalue weighted by Crippen LogP contribution is 2.29. The first kappa shape index (κ1) is 18.4. The van der Waals surface area contributed by atoms with Crippen molar-refractivity contribution < 1.29 is 9.18 Å². The first-order valence-corrected chi connectivity index (χ1v) is 8.67. The molecule has 1 saturated carbocycles. The molecule has 3 N–H and O–H groups in total. The minimum Gasteiger partial charge on any atom is -0.358 e. The van der Waals surface area contributed by atoms with E-state index in [4.69, 9.17) is 12.2 Å². The highest BCUT2D eigenvalue weighted by molar-refractivity contribution is 7.80. The number of thiocarbonyl (C=S) groups is 1. The lowest BCUT2D eigenvalue weighted by Gasteiger charge is -2.35. The third-order valence-electron chi connectivity index (χ3n) is 4.64. The van der Waals surface area contributed by atoms with E-state index in [2.05, 4.69) is 30.0 Å². The molecule has 0 aliphatic heterocycles. The van der Waals surface area contributed by atoms with Gasteiger partial charge in [0.1, 0.15) is 5.82 Å². The van der Waals surface area contributed by atoms with Gasteiger partial charge in [-0.3, -0.25) is 15.6 Å². The van der Waals surface area contributed by atoms with E-state index in [0.717, 1.165) is 6.42 Å². The van der Waals surface area contributed by atoms with Crippen molar-refractivity contribution in [3.63, 3.8) is 0 Å². The summed E-state index contributed by atoms with van der Waals surface area (Å²) in [6.45, 7) is 4.48. The Morgan fingerprint density at radius 3 is 2.75 bits per heavy atom. The van der Waals surface area contributed by atoms with Crippen molar-refractivity contribution in [2.24, 2.45) is 11.8 Å². The lowest BCUT2D eigenvalue weighted by Crippen LogP contribution is -2.52. The molecule has 0 radical (unpaired) electrons. The Kier molecular flexibility index (Phi) is 6.73. The number of carbonyl (C=O) groups excluding carboxylic acids is 1. The maximum Gasteiger partial charge on any atom is 0.262 e. The molecule has 1 fully saturated rings. The van der Waals surface area contributed by atoms with Gasteiger partial charge in [-0.05, 0) is 42.6 Å². The summed E-state index contributed by atoms with van der Waals surface area (Å²) >= 11 is 5.22. The van der Waals surface area contributed by atoms with Crippen LogP contribution in [0.25, 0.3) is 6.08 Å². The molecular formula is C18H24FN3OS. The molecule has 4 nitrogen and oxygen atoms in total. The van der Waals surface area contributed by atoms with Crippen LogP contribution in [0.5, 0.6) is 0 Å². The summed E-state index contributed by atoms with van der Waals surface area (Å²) in [6.07, 6.45) is 6.20. The Bertz CT molecular complexity index is 620. The van der Waals surface area contributed by atoms with Crippen molar-refractivity contribution in [1.29, 1.82) is 0 Å². The van der Waals surface area contributed by atoms with Crippen molar-refractivity contribution in [1.82, 2.24) is 16.2 Å². The average Bonchev–Trinajstić information content (AvgIpc) is 2.56. The van der Waals surface area contributed by atoms with E-state index in [1.165, 1.54) is 31.1 Å². The van der Waals surface area contributed by atoms with Crippen LogP contribution in [-0.4, -0.2) is 17.1 Å². The standard InChI is InChI=1S/C18H24FN3OS/c1-12-6-5-9-16(13(12)2)20-18(24)22-21-17(23)11-10-14-7-3-4-8-15(14)19/h3-4,7-8,10-13,16H,5-6,9H2,1-2H3,(H,21,23)(H2,20,22,24)/b11-10+/t12-,13+,16+/m0/s1. The number of halogens is 1. The van der Waals surface area contributed by atoms with Gasteiger partial charge in [0.15, 0.2) is 5.11 Å². The molecule has 6 heteroatoms. The molecule has 1 aliphatic carbocycles. The van der Waals surface area contributed by atoms with Crippen LogP contribution in [0.1, 0.15) is 38.7 Å². The summed E-state index contributed by atoms with van der Waals surface area (Å²) < 4.78 is 13.5. The fourth-order valence-corrected chi connectivity index (χ4v) is 3.13. The number of carbonyl (C=O) groups is 1. The predicted octanol–water partition coefficient (Wildman–Crippen LogP) is 3.16. The van der Waals surface area contributed by atoms with Gasteiger partial charge in [0.05, 0.1) is 0 Å².